The summed E-state index contributed by atoms with van der Waals surface area (Å²) in [6.07, 6.45) is 0.562. The van der Waals surface area contributed by atoms with Crippen LogP contribution < -0.4 is 26.2 Å². The van der Waals surface area contributed by atoms with Crippen molar-refractivity contribution >= 4 is 117 Å². The molecule has 2 aliphatic rings. The van der Waals surface area contributed by atoms with E-state index in [0.717, 1.165) is 183 Å². The summed E-state index contributed by atoms with van der Waals surface area (Å²) in [6.45, 7) is 25.6. The number of hydrogen-bond acceptors (Lipinski definition) is 4. The third kappa shape index (κ3) is 12.8. The number of hydrogen-bond donors (Lipinski definition) is 0. The number of aromatic nitrogens is 1. The summed E-state index contributed by atoms with van der Waals surface area (Å²) in [5.74, 6) is 0. The number of para-hydroxylation sites is 3. The minimum absolute atomic E-state index is 0.126. The van der Waals surface area contributed by atoms with Crippen molar-refractivity contribution in [2.45, 2.75) is 118 Å². The van der Waals surface area contributed by atoms with E-state index >= 15 is 0 Å². The Kier molecular flexibility index (Phi) is 16.8. The largest absolute Gasteiger partial charge is 0.456 e. The fourth-order valence-corrected chi connectivity index (χ4v) is 19.6. The van der Waals surface area contributed by atoms with Crippen molar-refractivity contribution in [2.24, 2.45) is 0 Å². The molecule has 0 fully saturated rings. The quantitative estimate of drug-likeness (QED) is 0.114. The Hall–Kier alpha value is -13.4. The Labute approximate surface area is 715 Å². The molecule has 16 aromatic carbocycles. The number of nitrogens with zero attached hydrogens (tertiary/aromatic N) is 3. The summed E-state index contributed by atoms with van der Waals surface area (Å²) in [5.41, 5.74) is 35.6. The number of aryl methyl sites for hydroxylation is 1. The van der Waals surface area contributed by atoms with Gasteiger partial charge in [0.2, 0.25) is 0 Å². The van der Waals surface area contributed by atoms with Crippen LogP contribution in [0.1, 0.15) is 121 Å². The summed E-state index contributed by atoms with van der Waals surface area (Å²) in [7, 11) is 0. The zero-order valence-electron chi connectivity index (χ0n) is 73.9. The van der Waals surface area contributed by atoms with E-state index in [1.54, 1.807) is 0 Å². The molecule has 5 heterocycles. The Morgan fingerprint density at radius 2 is 0.785 bits per heavy atom. The van der Waals surface area contributed by atoms with Gasteiger partial charge in [-0.25, -0.2) is 0 Å². The first-order valence-corrected chi connectivity index (χ1v) is 42.8. The van der Waals surface area contributed by atoms with Crippen LogP contribution in [0.4, 0.5) is 28.4 Å². The summed E-state index contributed by atoms with van der Waals surface area (Å²) in [6, 6.07) is 123. The molecule has 2 aliphatic heterocycles. The van der Waals surface area contributed by atoms with Crippen LogP contribution in [0, 0.1) is 6.85 Å². The Morgan fingerprint density at radius 3 is 1.38 bits per heavy atom. The SMILES string of the molecule is [2H]C([2H])([2H])c1cc(-c2ccccc2)cc(-c2ccc3c(c2)B2c4ccc(-c5cccc(C(C)(C)C)c5)cc4N(c4c(-c5ccccc5)cc(C(C)(C)C)cc4-c4ccccc4)c4cc(-n5c6ccccc6c6cc(C(C)(C)C)ccc65)cc(c42)N3CCc2c(-c3cccc4oc5ccccc5c34)cc(C(C)(C)C)cc2-c2cccc3oc4ccccc4c23)c1. The van der Waals surface area contributed by atoms with Crippen LogP contribution in [-0.4, -0.2) is 17.8 Å². The number of fused-ring (bicyclic) bond motifs is 13. The van der Waals surface area contributed by atoms with Gasteiger partial charge in [0, 0.05) is 76.9 Å². The van der Waals surface area contributed by atoms with E-state index in [1.807, 2.05) is 30.3 Å². The summed E-state index contributed by atoms with van der Waals surface area (Å²) in [4.78, 5) is 5.37. The lowest BCUT2D eigenvalue weighted by molar-refractivity contribution is 0.590. The average Bonchev–Trinajstić information content (AvgIpc) is 0.718. The molecule has 0 amide bonds. The van der Waals surface area contributed by atoms with Crippen molar-refractivity contribution in [1.29, 1.82) is 0 Å². The van der Waals surface area contributed by atoms with Crippen molar-refractivity contribution < 1.29 is 12.9 Å². The molecule has 0 unspecified atom stereocenters. The second-order valence-electron chi connectivity index (χ2n) is 37.7. The lowest BCUT2D eigenvalue weighted by atomic mass is 9.33. The molecular formula is C115H98BN3O2. The molecule has 3 aromatic heterocycles. The molecule has 0 saturated heterocycles. The van der Waals surface area contributed by atoms with Crippen LogP contribution in [0.15, 0.2) is 342 Å². The molecule has 5 nitrogen and oxygen atoms in total. The van der Waals surface area contributed by atoms with Crippen molar-refractivity contribution in [3.8, 4) is 83.6 Å². The molecular weight excluding hydrogens is 1470 g/mol. The lowest BCUT2D eigenvalue weighted by Crippen LogP contribution is -2.62. The number of benzene rings is 16. The molecule has 0 atom stereocenters. The van der Waals surface area contributed by atoms with Gasteiger partial charge in [-0.2, -0.15) is 0 Å². The van der Waals surface area contributed by atoms with Gasteiger partial charge in [0.05, 0.1) is 22.4 Å². The van der Waals surface area contributed by atoms with Crippen LogP contribution in [0.5, 0.6) is 0 Å². The highest BCUT2D eigenvalue weighted by atomic mass is 16.3. The standard InChI is InChI=1S/C115H98BN3O2/c1-71-58-78(72-32-17-14-18-33-72)60-79(59-71)76-51-54-100-97(62-76)116-96-53-50-77(75-38-29-39-80(61-75)112(2,3)4)63-101(96)119(111-91(73-34-19-15-20-35-73)65-82(114(8,9)10)66-92(111)74-36-21-16-22-37-74)103-70-84(118-98-45-26-23-40-86(98)95-64-81(113(5,6)7)52-55-99(95)118)69-102(110(103)116)117(100)57-56-85-93(87-43-30-48-106-108(87)89-41-24-27-46-104(89)120-106)67-83(115(11,12)13)68-94(85)88-44-31-49-107-109(88)90-42-25-28-47-105(90)121-107/h14-55,58-70H,56-57H2,1-13H3/i1D3. The van der Waals surface area contributed by atoms with Crippen molar-refractivity contribution in [3.63, 3.8) is 0 Å². The minimum Gasteiger partial charge on any atom is -0.456 e. The molecule has 0 saturated carbocycles. The van der Waals surface area contributed by atoms with Crippen LogP contribution in [0.25, 0.3) is 149 Å². The number of anilines is 5. The van der Waals surface area contributed by atoms with Gasteiger partial charge in [0.1, 0.15) is 22.3 Å². The van der Waals surface area contributed by atoms with Gasteiger partial charge in [-0.1, -0.05) is 332 Å². The predicted molar refractivity (Wildman–Crippen MR) is 516 cm³/mol. The second kappa shape index (κ2) is 28.4. The topological polar surface area (TPSA) is 37.7 Å². The highest BCUT2D eigenvalue weighted by Gasteiger charge is 2.46. The maximum absolute atomic E-state index is 9.15. The molecule has 0 spiro atoms. The highest BCUT2D eigenvalue weighted by molar-refractivity contribution is 7.00. The molecule has 0 aliphatic carbocycles. The van der Waals surface area contributed by atoms with Crippen LogP contribution in [0.3, 0.4) is 0 Å². The van der Waals surface area contributed by atoms with Crippen molar-refractivity contribution in [1.82, 2.24) is 4.57 Å². The summed E-state index contributed by atoms with van der Waals surface area (Å²) < 4.78 is 43.8. The predicted octanol–water partition coefficient (Wildman–Crippen LogP) is 29.7. The molecule has 6 heteroatoms. The molecule has 0 radical (unpaired) electrons. The first-order valence-electron chi connectivity index (χ1n) is 44.3. The van der Waals surface area contributed by atoms with Gasteiger partial charge < -0.3 is 23.2 Å². The summed E-state index contributed by atoms with van der Waals surface area (Å²) in [5, 5.41) is 6.65. The van der Waals surface area contributed by atoms with Gasteiger partial charge in [-0.05, 0) is 236 Å². The molecule has 21 rings (SSSR count). The Morgan fingerprint density at radius 1 is 0.306 bits per heavy atom. The van der Waals surface area contributed by atoms with E-state index in [2.05, 4.69) is 401 Å². The third-order valence-corrected chi connectivity index (χ3v) is 25.8. The van der Waals surface area contributed by atoms with Crippen LogP contribution in [-0.2, 0) is 28.1 Å². The zero-order valence-corrected chi connectivity index (χ0v) is 70.9. The monoisotopic (exact) mass is 1570 g/mol. The van der Waals surface area contributed by atoms with Gasteiger partial charge in [-0.15, -0.1) is 0 Å². The van der Waals surface area contributed by atoms with E-state index in [-0.39, 0.29) is 27.2 Å². The Bertz CT molecular complexity index is 7330. The maximum atomic E-state index is 9.15. The van der Waals surface area contributed by atoms with Gasteiger partial charge in [0.15, 0.2) is 0 Å². The van der Waals surface area contributed by atoms with E-state index in [0.29, 0.717) is 13.0 Å². The van der Waals surface area contributed by atoms with E-state index < -0.39 is 13.6 Å². The zero-order chi connectivity index (χ0) is 85.2. The summed E-state index contributed by atoms with van der Waals surface area (Å²) >= 11 is 0. The van der Waals surface area contributed by atoms with Gasteiger partial charge in [-0.3, -0.25) is 0 Å². The maximum Gasteiger partial charge on any atom is 0.252 e. The molecule has 588 valence electrons. The van der Waals surface area contributed by atoms with Gasteiger partial charge >= 0.3 is 0 Å². The average molecular weight is 1570 g/mol. The second-order valence-corrected chi connectivity index (χ2v) is 37.7. The minimum atomic E-state index is -2.41. The molecule has 19 aromatic rings. The Balaban J connectivity index is 0.919. The fourth-order valence-electron chi connectivity index (χ4n) is 19.6. The highest BCUT2D eigenvalue weighted by Crippen LogP contribution is 2.54. The van der Waals surface area contributed by atoms with Crippen LogP contribution >= 0.6 is 0 Å². The fraction of sp³-hybridized carbons (Fsp3) is 0.165. The first kappa shape index (κ1) is 71.7. The normalized spacial score (nSPS) is 13.5. The third-order valence-electron chi connectivity index (χ3n) is 25.8. The lowest BCUT2D eigenvalue weighted by Gasteiger charge is -2.46. The van der Waals surface area contributed by atoms with E-state index in [1.165, 1.54) is 38.6 Å². The van der Waals surface area contributed by atoms with E-state index in [9.17, 15) is 0 Å². The smallest absolute Gasteiger partial charge is 0.252 e. The first-order chi connectivity index (χ1) is 59.6. The molecule has 0 N–H and O–H groups in total. The van der Waals surface area contributed by atoms with Gasteiger partial charge in [0.25, 0.3) is 6.71 Å². The number of furan rings is 2. The van der Waals surface area contributed by atoms with Crippen molar-refractivity contribution in [3.05, 3.63) is 367 Å². The number of rotatable bonds is 12. The van der Waals surface area contributed by atoms with Crippen molar-refractivity contribution in [2.75, 3.05) is 16.3 Å². The van der Waals surface area contributed by atoms with Crippen LogP contribution in [0.2, 0.25) is 0 Å². The van der Waals surface area contributed by atoms with E-state index in [4.69, 9.17) is 12.9 Å². The molecule has 0 bridgehead atoms. The molecule has 121 heavy (non-hydrogen) atoms.